The van der Waals surface area contributed by atoms with Crippen LogP contribution in [0.25, 0.3) is 67.6 Å². The molecule has 232 valence electrons. The van der Waals surface area contributed by atoms with Crippen LogP contribution in [0.5, 0.6) is 0 Å². The Bertz CT molecular complexity index is 2550. The number of hydrogen-bond acceptors (Lipinski definition) is 5. The van der Waals surface area contributed by atoms with E-state index in [0.717, 1.165) is 35.2 Å². The van der Waals surface area contributed by atoms with Crippen molar-refractivity contribution in [3.63, 3.8) is 0 Å². The maximum absolute atomic E-state index is 5.05. The van der Waals surface area contributed by atoms with Gasteiger partial charge in [-0.05, 0) is 59.5 Å². The molecule has 0 saturated heterocycles. The van der Waals surface area contributed by atoms with Crippen molar-refractivity contribution >= 4 is 51.3 Å². The summed E-state index contributed by atoms with van der Waals surface area (Å²) in [5.74, 6) is 1.98. The molecule has 6 heteroatoms. The molecule has 0 unspecified atom stereocenters. The molecule has 0 spiro atoms. The molecule has 1 aliphatic carbocycles. The molecule has 8 aromatic rings. The number of allylic oxidation sites excluding steroid dienone is 1. The topological polar surface area (TPSA) is 43.6 Å². The first kappa shape index (κ1) is 28.6. The highest BCUT2D eigenvalue weighted by Gasteiger charge is 2.29. The predicted molar refractivity (Wildman–Crippen MR) is 203 cm³/mol. The van der Waals surface area contributed by atoms with Gasteiger partial charge in [-0.15, -0.1) is 0 Å². The van der Waals surface area contributed by atoms with Gasteiger partial charge >= 0.3 is 0 Å². The van der Waals surface area contributed by atoms with Crippen LogP contribution >= 0.6 is 23.5 Å². The van der Waals surface area contributed by atoms with Gasteiger partial charge in [-0.3, -0.25) is 0 Å². The van der Waals surface area contributed by atoms with E-state index < -0.39 is 0 Å². The molecule has 10 rings (SSSR count). The van der Waals surface area contributed by atoms with Gasteiger partial charge in [-0.1, -0.05) is 139 Å². The summed E-state index contributed by atoms with van der Waals surface area (Å²) in [5.41, 5.74) is 7.93. The molecule has 0 amide bonds. The van der Waals surface area contributed by atoms with Crippen LogP contribution in [-0.4, -0.2) is 19.5 Å². The minimum Gasteiger partial charge on any atom is -0.308 e. The zero-order chi connectivity index (χ0) is 32.3. The first-order chi connectivity index (χ1) is 24.3. The van der Waals surface area contributed by atoms with Gasteiger partial charge < -0.3 is 4.57 Å². The minimum absolute atomic E-state index is 0.654. The van der Waals surface area contributed by atoms with Gasteiger partial charge in [0.05, 0.1) is 10.4 Å². The number of nitrogens with zero attached hydrogens (tertiary/aromatic N) is 4. The molecule has 3 heterocycles. The molecule has 4 nitrogen and oxygen atoms in total. The van der Waals surface area contributed by atoms with E-state index in [9.17, 15) is 0 Å². The Kier molecular flexibility index (Phi) is 6.77. The summed E-state index contributed by atoms with van der Waals surface area (Å²) < 4.78 is 2.49. The fraction of sp³-hybridized carbons (Fsp3) is 0.0465. The molecule has 0 atom stereocenters. The normalized spacial score (nSPS) is 13.3. The Hall–Kier alpha value is -5.43. The summed E-state index contributed by atoms with van der Waals surface area (Å²) in [7, 11) is 0. The number of fused-ring (bicyclic) bond motifs is 9. The fourth-order valence-electron chi connectivity index (χ4n) is 7.15. The highest BCUT2D eigenvalue weighted by atomic mass is 32.2. The molecule has 0 fully saturated rings. The van der Waals surface area contributed by atoms with Crippen molar-refractivity contribution < 1.29 is 0 Å². The molecule has 2 aromatic heterocycles. The smallest absolute Gasteiger partial charge is 0.164 e. The molecular weight excluding hydrogens is 637 g/mol. The lowest BCUT2D eigenvalue weighted by molar-refractivity contribution is 0.965. The van der Waals surface area contributed by atoms with E-state index in [0.29, 0.717) is 17.5 Å². The number of hydrogen-bond donors (Lipinski definition) is 0. The van der Waals surface area contributed by atoms with Crippen LogP contribution in [-0.2, 0) is 6.42 Å². The summed E-state index contributed by atoms with van der Waals surface area (Å²) in [4.78, 5) is 20.3. The van der Waals surface area contributed by atoms with E-state index in [-0.39, 0.29) is 0 Å². The van der Waals surface area contributed by atoms with Crippen LogP contribution < -0.4 is 0 Å². The third kappa shape index (κ3) is 4.74. The van der Waals surface area contributed by atoms with E-state index in [1.807, 2.05) is 59.9 Å². The van der Waals surface area contributed by atoms with Crippen LogP contribution in [0.1, 0.15) is 17.7 Å². The Morgan fingerprint density at radius 3 is 1.80 bits per heavy atom. The largest absolute Gasteiger partial charge is 0.308 e. The van der Waals surface area contributed by atoms with Crippen LogP contribution in [0.15, 0.2) is 159 Å². The van der Waals surface area contributed by atoms with E-state index in [2.05, 4.69) is 114 Å². The first-order valence-corrected chi connectivity index (χ1v) is 18.1. The van der Waals surface area contributed by atoms with E-state index in [1.54, 1.807) is 0 Å². The van der Waals surface area contributed by atoms with Crippen molar-refractivity contribution in [1.29, 1.82) is 0 Å². The lowest BCUT2D eigenvalue weighted by Crippen LogP contribution is -2.03. The standard InChI is InChI=1S/C43H28N4S2/c1-3-14-27(15-4-1)41-44-42(28-16-5-2-6-17-28)46-43(45-41)29-18-13-19-30(26-29)47-34-23-10-9-22-33(34)37-31-20-7-8-21-32(31)39-40(38(37)47)49-36-25-12-11-24-35(36)48-39/h1-8,10-21,23-26H,9,22H2. The SMILES string of the molecule is C1=Cc2c(c3c4ccccc4c4c(c3n2-c2cccc(-c3nc(-c5ccccc5)nc(-c5ccccc5)n3)c2)Sc2ccccc2S4)CC1. The van der Waals surface area contributed by atoms with Gasteiger partial charge in [0.1, 0.15) is 0 Å². The lowest BCUT2D eigenvalue weighted by atomic mass is 9.97. The molecule has 0 radical (unpaired) electrons. The molecule has 2 aliphatic rings. The average Bonchev–Trinajstić information content (AvgIpc) is 3.54. The fourth-order valence-corrected chi connectivity index (χ4v) is 9.69. The van der Waals surface area contributed by atoms with Gasteiger partial charge in [0.2, 0.25) is 0 Å². The van der Waals surface area contributed by atoms with Crippen LogP contribution in [0.3, 0.4) is 0 Å². The number of aryl methyl sites for hydroxylation is 1. The third-order valence-electron chi connectivity index (χ3n) is 9.35. The van der Waals surface area contributed by atoms with Crippen LogP contribution in [0.2, 0.25) is 0 Å². The number of benzene rings is 6. The van der Waals surface area contributed by atoms with Gasteiger partial charge in [0, 0.05) is 48.1 Å². The molecule has 6 aromatic carbocycles. The number of rotatable bonds is 4. The highest BCUT2D eigenvalue weighted by Crippen LogP contribution is 2.56. The first-order valence-electron chi connectivity index (χ1n) is 16.5. The summed E-state index contributed by atoms with van der Waals surface area (Å²) in [6.07, 6.45) is 6.70. The molecule has 0 N–H and O–H groups in total. The van der Waals surface area contributed by atoms with Crippen molar-refractivity contribution in [2.45, 2.75) is 32.4 Å². The van der Waals surface area contributed by atoms with Crippen molar-refractivity contribution in [3.8, 4) is 39.9 Å². The predicted octanol–water partition coefficient (Wildman–Crippen LogP) is 11.5. The summed E-state index contributed by atoms with van der Waals surface area (Å²) in [6.45, 7) is 0. The van der Waals surface area contributed by atoms with E-state index >= 15 is 0 Å². The quantitative estimate of drug-likeness (QED) is 0.187. The van der Waals surface area contributed by atoms with E-state index in [1.165, 1.54) is 52.5 Å². The van der Waals surface area contributed by atoms with Gasteiger partial charge in [-0.25, -0.2) is 15.0 Å². The van der Waals surface area contributed by atoms with Crippen LogP contribution in [0, 0.1) is 0 Å². The second kappa shape index (κ2) is 11.6. The maximum atomic E-state index is 5.05. The Morgan fingerprint density at radius 1 is 0.531 bits per heavy atom. The van der Waals surface area contributed by atoms with Crippen LogP contribution in [0.4, 0.5) is 0 Å². The maximum Gasteiger partial charge on any atom is 0.164 e. The molecule has 49 heavy (non-hydrogen) atoms. The van der Waals surface area contributed by atoms with E-state index in [4.69, 9.17) is 15.0 Å². The minimum atomic E-state index is 0.654. The Labute approximate surface area is 292 Å². The second-order valence-electron chi connectivity index (χ2n) is 12.3. The monoisotopic (exact) mass is 664 g/mol. The molecule has 1 aliphatic heterocycles. The zero-order valence-electron chi connectivity index (χ0n) is 26.4. The third-order valence-corrected chi connectivity index (χ3v) is 12.0. The van der Waals surface area contributed by atoms with Crippen molar-refractivity contribution in [2.75, 3.05) is 0 Å². The summed E-state index contributed by atoms with van der Waals surface area (Å²) >= 11 is 3.80. The van der Waals surface area contributed by atoms with Crippen molar-refractivity contribution in [1.82, 2.24) is 19.5 Å². The average molecular weight is 665 g/mol. The molecular formula is C43H28N4S2. The number of aromatic nitrogens is 4. The van der Waals surface area contributed by atoms with Gasteiger partial charge in [0.15, 0.2) is 17.5 Å². The molecule has 0 saturated carbocycles. The second-order valence-corrected chi connectivity index (χ2v) is 14.4. The lowest BCUT2D eigenvalue weighted by Gasteiger charge is -2.23. The van der Waals surface area contributed by atoms with Gasteiger partial charge in [0.25, 0.3) is 0 Å². The Balaban J connectivity index is 1.23. The summed E-state index contributed by atoms with van der Waals surface area (Å²) in [5, 5.41) is 4.01. The molecule has 0 bridgehead atoms. The summed E-state index contributed by atoms with van der Waals surface area (Å²) in [6, 6.07) is 46.8. The zero-order valence-corrected chi connectivity index (χ0v) is 28.0. The van der Waals surface area contributed by atoms with Crippen molar-refractivity contribution in [3.05, 3.63) is 151 Å². The Morgan fingerprint density at radius 2 is 1.10 bits per heavy atom. The van der Waals surface area contributed by atoms with Crippen molar-refractivity contribution in [2.24, 2.45) is 0 Å². The highest BCUT2D eigenvalue weighted by molar-refractivity contribution is 8.05. The van der Waals surface area contributed by atoms with Gasteiger partial charge in [-0.2, -0.15) is 0 Å².